The van der Waals surface area contributed by atoms with Crippen LogP contribution in [0.2, 0.25) is 0 Å². The lowest BCUT2D eigenvalue weighted by Crippen LogP contribution is -2.91. The number of ketones is 5. The van der Waals surface area contributed by atoms with E-state index in [1.165, 1.54) is 0 Å². The summed E-state index contributed by atoms with van der Waals surface area (Å²) in [6.07, 6.45) is -5.00. The molecule has 0 aromatic heterocycles. The SMILES string of the molecule is CC(=O)[C@H](O)[C@H]1O[C@@](O)(C(C)=O)[C@@](O)(C(C)=O)[C@](O)(C(C)=O)[C@@]1(O)C(C)=O. The second-order valence-corrected chi connectivity index (χ2v) is 6.65. The molecule has 11 nitrogen and oxygen atoms in total. The highest BCUT2D eigenvalue weighted by molar-refractivity contribution is 6.09. The molecule has 0 aliphatic carbocycles. The van der Waals surface area contributed by atoms with Crippen LogP contribution < -0.4 is 0 Å². The van der Waals surface area contributed by atoms with Gasteiger partial charge in [-0.1, -0.05) is 0 Å². The highest BCUT2D eigenvalue weighted by Crippen LogP contribution is 2.51. The van der Waals surface area contributed by atoms with Crippen molar-refractivity contribution in [3.05, 3.63) is 0 Å². The Bertz CT molecular complexity index is 730. The topological polar surface area (TPSA) is 196 Å². The van der Waals surface area contributed by atoms with Crippen molar-refractivity contribution < 1.29 is 54.2 Å². The van der Waals surface area contributed by atoms with Crippen molar-refractivity contribution >= 4 is 28.9 Å². The molecule has 0 amide bonds. The molecule has 1 rings (SSSR count). The Hall–Kier alpha value is -1.89. The Labute approximate surface area is 153 Å². The van der Waals surface area contributed by atoms with Crippen molar-refractivity contribution in [3.8, 4) is 0 Å². The molecule has 0 saturated carbocycles. The van der Waals surface area contributed by atoms with E-state index < -0.39 is 63.7 Å². The Kier molecular flexibility index (Phi) is 5.67. The van der Waals surface area contributed by atoms with Gasteiger partial charge in [0.2, 0.25) is 11.2 Å². The van der Waals surface area contributed by atoms with Crippen LogP contribution in [-0.2, 0) is 28.7 Å². The summed E-state index contributed by atoms with van der Waals surface area (Å²) in [6.45, 7) is 3.15. The minimum atomic E-state index is -3.85. The summed E-state index contributed by atoms with van der Waals surface area (Å²) in [7, 11) is 0. The second-order valence-electron chi connectivity index (χ2n) is 6.65. The first kappa shape index (κ1) is 23.1. The van der Waals surface area contributed by atoms with Crippen LogP contribution in [-0.4, -0.2) is 89.2 Å². The standard InChI is InChI=1S/C16H22O11/c1-6(17)11(22)12-13(23,7(2)18)14(24,8(3)19)15(25,9(4)20)16(26,27-12)10(5)21/h11-12,22-26H,1-5H3/t11-,12+,13+,14-,15+,16-/m0/s1. The first-order valence-electron chi connectivity index (χ1n) is 7.77. The zero-order chi connectivity index (χ0) is 21.7. The lowest BCUT2D eigenvalue weighted by Gasteiger charge is -2.60. The van der Waals surface area contributed by atoms with E-state index in [2.05, 4.69) is 0 Å². The molecular formula is C16H22O11. The summed E-state index contributed by atoms with van der Waals surface area (Å²) in [5.74, 6) is -11.0. The number of carbonyl (C=O) groups excluding carboxylic acids is 5. The Morgan fingerprint density at radius 3 is 1.41 bits per heavy atom. The second kappa shape index (κ2) is 6.62. The zero-order valence-electron chi connectivity index (χ0n) is 15.3. The summed E-state index contributed by atoms with van der Waals surface area (Å²) in [5, 5.41) is 53.5. The molecule has 1 saturated heterocycles. The third-order valence-corrected chi connectivity index (χ3v) is 5.01. The molecule has 0 unspecified atom stereocenters. The van der Waals surface area contributed by atoms with Crippen molar-refractivity contribution in [2.75, 3.05) is 0 Å². The maximum Gasteiger partial charge on any atom is 0.267 e. The number of aliphatic hydroxyl groups excluding tert-OH is 1. The summed E-state index contributed by atoms with van der Waals surface area (Å²) < 4.78 is 4.84. The van der Waals surface area contributed by atoms with Gasteiger partial charge in [0.25, 0.3) is 5.79 Å². The summed E-state index contributed by atoms with van der Waals surface area (Å²) in [4.78, 5) is 60.3. The predicted molar refractivity (Wildman–Crippen MR) is 84.1 cm³/mol. The van der Waals surface area contributed by atoms with E-state index >= 15 is 0 Å². The van der Waals surface area contributed by atoms with Crippen molar-refractivity contribution in [2.45, 2.75) is 69.4 Å². The maximum absolute atomic E-state index is 12.3. The average Bonchev–Trinajstić information content (AvgIpc) is 2.54. The Morgan fingerprint density at radius 2 is 1.15 bits per heavy atom. The third-order valence-electron chi connectivity index (χ3n) is 5.01. The van der Waals surface area contributed by atoms with Gasteiger partial charge in [0.05, 0.1) is 0 Å². The zero-order valence-corrected chi connectivity index (χ0v) is 15.3. The molecule has 152 valence electrons. The van der Waals surface area contributed by atoms with Gasteiger partial charge in [-0.15, -0.1) is 0 Å². The van der Waals surface area contributed by atoms with Gasteiger partial charge >= 0.3 is 0 Å². The Balaban J connectivity index is 4.15. The quantitative estimate of drug-likeness (QED) is 0.303. The molecule has 6 atom stereocenters. The lowest BCUT2D eigenvalue weighted by molar-refractivity contribution is -0.394. The predicted octanol–water partition coefficient (Wildman–Crippen LogP) is -3.43. The van der Waals surface area contributed by atoms with Gasteiger partial charge in [0.15, 0.2) is 34.5 Å². The normalized spacial score (nSPS) is 40.1. The molecule has 0 bridgehead atoms. The van der Waals surface area contributed by atoms with E-state index in [-0.39, 0.29) is 0 Å². The van der Waals surface area contributed by atoms with Crippen LogP contribution in [0.1, 0.15) is 34.6 Å². The summed E-state index contributed by atoms with van der Waals surface area (Å²) >= 11 is 0. The third kappa shape index (κ3) is 2.54. The van der Waals surface area contributed by atoms with E-state index in [4.69, 9.17) is 4.74 Å². The van der Waals surface area contributed by atoms with E-state index in [1.54, 1.807) is 0 Å². The molecule has 1 heterocycles. The van der Waals surface area contributed by atoms with Gasteiger partial charge in [-0.3, -0.25) is 24.0 Å². The fourth-order valence-electron chi connectivity index (χ4n) is 3.40. The monoisotopic (exact) mass is 390 g/mol. The molecule has 11 heteroatoms. The van der Waals surface area contributed by atoms with Crippen LogP contribution in [0.15, 0.2) is 0 Å². The number of rotatable bonds is 6. The molecule has 1 fully saturated rings. The fourth-order valence-corrected chi connectivity index (χ4v) is 3.40. The van der Waals surface area contributed by atoms with E-state index in [1.807, 2.05) is 0 Å². The molecule has 0 radical (unpaired) electrons. The number of Topliss-reactive ketones (excluding diaryl/α,β-unsaturated/α-hetero) is 5. The Morgan fingerprint density at radius 1 is 0.741 bits per heavy atom. The average molecular weight is 390 g/mol. The van der Waals surface area contributed by atoms with Crippen molar-refractivity contribution in [1.29, 1.82) is 0 Å². The van der Waals surface area contributed by atoms with Crippen molar-refractivity contribution in [3.63, 3.8) is 0 Å². The van der Waals surface area contributed by atoms with Crippen molar-refractivity contribution in [2.24, 2.45) is 0 Å². The van der Waals surface area contributed by atoms with Gasteiger partial charge in [-0.05, 0) is 27.7 Å². The molecule has 0 aromatic carbocycles. The number of carbonyl (C=O) groups is 5. The van der Waals surface area contributed by atoms with E-state index in [9.17, 15) is 49.5 Å². The number of ether oxygens (including phenoxy) is 1. The molecule has 1 aliphatic heterocycles. The van der Waals surface area contributed by atoms with Crippen LogP contribution in [0, 0.1) is 0 Å². The van der Waals surface area contributed by atoms with Crippen LogP contribution in [0.4, 0.5) is 0 Å². The van der Waals surface area contributed by atoms with Crippen LogP contribution in [0.5, 0.6) is 0 Å². The fraction of sp³-hybridized carbons (Fsp3) is 0.688. The number of hydrogen-bond donors (Lipinski definition) is 5. The summed E-state index contributed by atoms with van der Waals surface area (Å²) in [6, 6.07) is 0. The highest BCUT2D eigenvalue weighted by atomic mass is 16.7. The lowest BCUT2D eigenvalue weighted by atomic mass is 9.57. The maximum atomic E-state index is 12.3. The smallest absolute Gasteiger partial charge is 0.267 e. The molecule has 5 N–H and O–H groups in total. The van der Waals surface area contributed by atoms with E-state index in [0.717, 1.165) is 6.92 Å². The van der Waals surface area contributed by atoms with E-state index in [0.29, 0.717) is 27.7 Å². The first-order chi connectivity index (χ1) is 12.0. The van der Waals surface area contributed by atoms with Crippen molar-refractivity contribution in [1.82, 2.24) is 0 Å². The molecule has 1 aliphatic rings. The van der Waals surface area contributed by atoms with Gasteiger partial charge in [0.1, 0.15) is 12.2 Å². The number of hydrogen-bond acceptors (Lipinski definition) is 11. The minimum Gasteiger partial charge on any atom is -0.382 e. The minimum absolute atomic E-state index is 0.560. The molecule has 27 heavy (non-hydrogen) atoms. The number of aliphatic hydroxyl groups is 5. The van der Waals surface area contributed by atoms with Gasteiger partial charge in [0, 0.05) is 6.92 Å². The highest BCUT2D eigenvalue weighted by Gasteiger charge is 2.84. The largest absolute Gasteiger partial charge is 0.382 e. The molecule has 0 aromatic rings. The van der Waals surface area contributed by atoms with Crippen LogP contribution >= 0.6 is 0 Å². The van der Waals surface area contributed by atoms with Gasteiger partial charge in [-0.2, -0.15) is 0 Å². The molecule has 0 spiro atoms. The molecular weight excluding hydrogens is 368 g/mol. The van der Waals surface area contributed by atoms with Crippen LogP contribution in [0.3, 0.4) is 0 Å². The van der Waals surface area contributed by atoms with Gasteiger partial charge in [-0.25, -0.2) is 0 Å². The first-order valence-corrected chi connectivity index (χ1v) is 7.77. The summed E-state index contributed by atoms with van der Waals surface area (Å²) in [5.41, 5.74) is -11.3. The van der Waals surface area contributed by atoms with Crippen LogP contribution in [0.25, 0.3) is 0 Å². The van der Waals surface area contributed by atoms with Gasteiger partial charge < -0.3 is 30.3 Å².